The zero-order chi connectivity index (χ0) is 18.6. The first-order valence-corrected chi connectivity index (χ1v) is 10.4. The Kier molecular flexibility index (Phi) is 5.66. The Morgan fingerprint density at radius 3 is 2.56 bits per heavy atom. The van der Waals surface area contributed by atoms with Crippen molar-refractivity contribution in [3.05, 3.63) is 18.2 Å². The largest absolute Gasteiger partial charge is 0.454 e. The lowest BCUT2D eigenvalue weighted by Crippen LogP contribution is -2.49. The molecule has 3 aliphatic rings. The first-order valence-electron chi connectivity index (χ1n) is 9.95. The number of nitrogens with zero attached hydrogens (tertiary/aromatic N) is 1. The second-order valence-corrected chi connectivity index (χ2v) is 7.99. The molecule has 1 aromatic rings. The van der Waals surface area contributed by atoms with Crippen molar-refractivity contribution in [2.45, 2.75) is 51.0 Å². The van der Waals surface area contributed by atoms with Crippen LogP contribution in [0.25, 0.3) is 0 Å². The van der Waals surface area contributed by atoms with Crippen molar-refractivity contribution in [1.82, 2.24) is 10.2 Å². The number of anilines is 1. The highest BCUT2D eigenvalue weighted by Gasteiger charge is 2.27. The van der Waals surface area contributed by atoms with Crippen LogP contribution in [0.2, 0.25) is 0 Å². The fourth-order valence-electron chi connectivity index (χ4n) is 4.08. The summed E-state index contributed by atoms with van der Waals surface area (Å²) in [5, 5.41) is 7.39. The third-order valence-electron chi connectivity index (χ3n) is 5.73. The number of hydrogen-bond donors (Lipinski definition) is 2. The summed E-state index contributed by atoms with van der Waals surface area (Å²) in [6, 6.07) is 6.02. The number of amides is 1. The maximum atomic E-state index is 12.6. The number of fused-ring (bicyclic) bond motifs is 1. The van der Waals surface area contributed by atoms with Gasteiger partial charge in [-0.05, 0) is 50.0 Å². The fourth-order valence-corrected chi connectivity index (χ4v) is 4.43. The lowest BCUT2D eigenvalue weighted by Gasteiger charge is -2.35. The number of ether oxygens (including phenoxy) is 2. The van der Waals surface area contributed by atoms with Gasteiger partial charge >= 0.3 is 0 Å². The van der Waals surface area contributed by atoms with Crippen LogP contribution in [0.4, 0.5) is 5.69 Å². The molecule has 2 heterocycles. The van der Waals surface area contributed by atoms with Crippen molar-refractivity contribution >= 4 is 28.9 Å². The van der Waals surface area contributed by atoms with Crippen LogP contribution in [0, 0.1) is 5.92 Å². The van der Waals surface area contributed by atoms with E-state index in [0.717, 1.165) is 42.5 Å². The molecule has 0 atom stereocenters. The summed E-state index contributed by atoms with van der Waals surface area (Å²) in [5.41, 5.74) is 0.751. The van der Waals surface area contributed by atoms with E-state index < -0.39 is 0 Å². The summed E-state index contributed by atoms with van der Waals surface area (Å²) in [6.45, 7) is 1.90. The zero-order valence-electron chi connectivity index (χ0n) is 15.5. The molecule has 0 bridgehead atoms. The zero-order valence-corrected chi connectivity index (χ0v) is 16.4. The minimum atomic E-state index is 0.0177. The molecule has 6 nitrogen and oxygen atoms in total. The van der Waals surface area contributed by atoms with Crippen LogP contribution in [0.5, 0.6) is 11.5 Å². The quantitative estimate of drug-likeness (QED) is 0.774. The maximum Gasteiger partial charge on any atom is 0.231 e. The molecule has 7 heteroatoms. The number of thiocarbonyl (C=S) groups is 1. The molecule has 146 valence electrons. The second-order valence-electron chi connectivity index (χ2n) is 7.60. The van der Waals surface area contributed by atoms with Gasteiger partial charge in [-0.25, -0.2) is 0 Å². The molecule has 0 aromatic heterocycles. The highest BCUT2D eigenvalue weighted by Crippen LogP contribution is 2.34. The van der Waals surface area contributed by atoms with Gasteiger partial charge in [0.15, 0.2) is 16.6 Å². The van der Waals surface area contributed by atoms with Gasteiger partial charge in [-0.1, -0.05) is 19.3 Å². The number of piperidine rings is 1. The molecule has 27 heavy (non-hydrogen) atoms. The molecule has 1 amide bonds. The van der Waals surface area contributed by atoms with Crippen molar-refractivity contribution in [2.75, 3.05) is 25.2 Å². The van der Waals surface area contributed by atoms with Gasteiger partial charge in [-0.3, -0.25) is 4.79 Å². The van der Waals surface area contributed by atoms with E-state index in [-0.39, 0.29) is 18.6 Å². The number of benzene rings is 1. The molecule has 0 unspecified atom stereocenters. The third kappa shape index (κ3) is 4.46. The number of carbonyl (C=O) groups excluding carboxylic acids is 1. The fraction of sp³-hybridized carbons (Fsp3) is 0.600. The van der Waals surface area contributed by atoms with Crippen LogP contribution in [0.3, 0.4) is 0 Å². The lowest BCUT2D eigenvalue weighted by atomic mass is 9.95. The SMILES string of the molecule is O=C(Nc1ccc2c(c1)OCO2)C1CCN(C(=S)NC2CCCCC2)CC1. The van der Waals surface area contributed by atoms with Crippen molar-refractivity contribution in [1.29, 1.82) is 0 Å². The molecular weight excluding hydrogens is 362 g/mol. The highest BCUT2D eigenvalue weighted by atomic mass is 32.1. The molecule has 2 aliphatic heterocycles. The molecule has 0 spiro atoms. The van der Waals surface area contributed by atoms with Crippen molar-refractivity contribution in [2.24, 2.45) is 5.92 Å². The van der Waals surface area contributed by atoms with E-state index in [1.54, 1.807) is 0 Å². The van der Waals surface area contributed by atoms with Gasteiger partial charge in [0.2, 0.25) is 12.7 Å². The van der Waals surface area contributed by atoms with E-state index >= 15 is 0 Å². The summed E-state index contributed by atoms with van der Waals surface area (Å²) >= 11 is 5.60. The van der Waals surface area contributed by atoms with Crippen molar-refractivity contribution in [3.8, 4) is 11.5 Å². The van der Waals surface area contributed by atoms with Gasteiger partial charge in [0.05, 0.1) is 0 Å². The minimum absolute atomic E-state index is 0.0177. The molecule has 1 aliphatic carbocycles. The Labute approximate surface area is 165 Å². The van der Waals surface area contributed by atoms with E-state index in [1.807, 2.05) is 18.2 Å². The molecule has 2 fully saturated rings. The summed E-state index contributed by atoms with van der Waals surface area (Å²) in [7, 11) is 0. The van der Waals surface area contributed by atoms with Gasteiger partial charge in [0, 0.05) is 36.8 Å². The molecule has 0 radical (unpaired) electrons. The van der Waals surface area contributed by atoms with Gasteiger partial charge < -0.3 is 25.0 Å². The van der Waals surface area contributed by atoms with Crippen LogP contribution in [-0.2, 0) is 4.79 Å². The number of likely N-dealkylation sites (tertiary alicyclic amines) is 1. The first-order chi connectivity index (χ1) is 13.2. The number of nitrogens with one attached hydrogen (secondary N) is 2. The molecule has 1 saturated heterocycles. The van der Waals surface area contributed by atoms with Crippen LogP contribution in [0.15, 0.2) is 18.2 Å². The minimum Gasteiger partial charge on any atom is -0.454 e. The van der Waals surface area contributed by atoms with Crippen molar-refractivity contribution in [3.63, 3.8) is 0 Å². The average Bonchev–Trinajstić information content (AvgIpc) is 3.16. The third-order valence-corrected chi connectivity index (χ3v) is 6.10. The summed E-state index contributed by atoms with van der Waals surface area (Å²) in [6.07, 6.45) is 8.01. The predicted octanol–water partition coefficient (Wildman–Crippen LogP) is 3.27. The van der Waals surface area contributed by atoms with E-state index in [0.29, 0.717) is 11.8 Å². The highest BCUT2D eigenvalue weighted by molar-refractivity contribution is 7.80. The normalized spacial score (nSPS) is 20.4. The number of rotatable bonds is 3. The molecule has 1 saturated carbocycles. The average molecular weight is 390 g/mol. The summed E-state index contributed by atoms with van der Waals surface area (Å²) < 4.78 is 10.7. The molecular formula is C20H27N3O3S. The Morgan fingerprint density at radius 2 is 1.78 bits per heavy atom. The van der Waals surface area contributed by atoms with Crippen LogP contribution in [-0.4, -0.2) is 41.8 Å². The van der Waals surface area contributed by atoms with Gasteiger partial charge in [-0.2, -0.15) is 0 Å². The lowest BCUT2D eigenvalue weighted by molar-refractivity contribution is -0.121. The van der Waals surface area contributed by atoms with Crippen LogP contribution in [0.1, 0.15) is 44.9 Å². The smallest absolute Gasteiger partial charge is 0.231 e. The van der Waals surface area contributed by atoms with E-state index in [1.165, 1.54) is 32.1 Å². The van der Waals surface area contributed by atoms with Gasteiger partial charge in [-0.15, -0.1) is 0 Å². The first kappa shape index (κ1) is 18.3. The van der Waals surface area contributed by atoms with Crippen LogP contribution >= 0.6 is 12.2 Å². The number of carbonyl (C=O) groups is 1. The molecule has 2 N–H and O–H groups in total. The second kappa shape index (κ2) is 8.33. The molecule has 4 rings (SSSR count). The Bertz CT molecular complexity index is 698. The maximum absolute atomic E-state index is 12.6. The predicted molar refractivity (Wildman–Crippen MR) is 108 cm³/mol. The molecule has 1 aromatic carbocycles. The van der Waals surface area contributed by atoms with E-state index in [4.69, 9.17) is 21.7 Å². The summed E-state index contributed by atoms with van der Waals surface area (Å²) in [5.74, 6) is 1.49. The summed E-state index contributed by atoms with van der Waals surface area (Å²) in [4.78, 5) is 14.8. The van der Waals surface area contributed by atoms with E-state index in [2.05, 4.69) is 15.5 Å². The Balaban J connectivity index is 1.24. The Morgan fingerprint density at radius 1 is 1.04 bits per heavy atom. The monoisotopic (exact) mass is 389 g/mol. The van der Waals surface area contributed by atoms with Gasteiger partial charge in [0.1, 0.15) is 0 Å². The topological polar surface area (TPSA) is 62.8 Å². The Hall–Kier alpha value is -2.02. The van der Waals surface area contributed by atoms with Gasteiger partial charge in [0.25, 0.3) is 0 Å². The van der Waals surface area contributed by atoms with E-state index in [9.17, 15) is 4.79 Å². The number of hydrogen-bond acceptors (Lipinski definition) is 4. The van der Waals surface area contributed by atoms with Crippen molar-refractivity contribution < 1.29 is 14.3 Å². The van der Waals surface area contributed by atoms with Crippen LogP contribution < -0.4 is 20.1 Å². The standard InChI is InChI=1S/C20H27N3O3S/c24-19(21-16-6-7-17-18(12-16)26-13-25-17)14-8-10-23(11-9-14)20(27)22-15-4-2-1-3-5-15/h6-7,12,14-15H,1-5,8-11,13H2,(H,21,24)(H,22,27).